The van der Waals surface area contributed by atoms with E-state index in [-0.39, 0.29) is 16.3 Å². The van der Waals surface area contributed by atoms with Gasteiger partial charge in [0.15, 0.2) is 5.13 Å². The molecule has 0 saturated carbocycles. The summed E-state index contributed by atoms with van der Waals surface area (Å²) in [7, 11) is 0. The highest BCUT2D eigenvalue weighted by atomic mass is 35.5. The van der Waals surface area contributed by atoms with Gasteiger partial charge in [-0.05, 0) is 67.1 Å². The minimum Gasteiger partial charge on any atom is -0.507 e. The van der Waals surface area contributed by atoms with Crippen LogP contribution in [0.4, 0.5) is 9.52 Å². The molecule has 9 heteroatoms. The Labute approximate surface area is 208 Å². The predicted octanol–water partition coefficient (Wildman–Crippen LogP) is 6.11. The number of Topliss-reactive ketones (excluding diaryl/α,β-unsaturated/α-hetero) is 1. The number of carbonyl (C=O) groups excluding carboxylic acids is 2. The molecule has 1 fully saturated rings. The van der Waals surface area contributed by atoms with E-state index in [1.807, 2.05) is 6.92 Å². The number of rotatable bonds is 5. The molecule has 5 rings (SSSR count). The van der Waals surface area contributed by atoms with Gasteiger partial charge in [-0.15, -0.1) is 0 Å². The summed E-state index contributed by atoms with van der Waals surface area (Å²) >= 11 is 7.33. The molecular formula is C26H18ClFN2O4S. The van der Waals surface area contributed by atoms with Gasteiger partial charge in [-0.1, -0.05) is 35.1 Å². The van der Waals surface area contributed by atoms with E-state index in [4.69, 9.17) is 16.3 Å². The molecule has 0 spiro atoms. The molecule has 1 aromatic heterocycles. The lowest BCUT2D eigenvalue weighted by Crippen LogP contribution is -2.29. The van der Waals surface area contributed by atoms with Crippen LogP contribution in [0.1, 0.15) is 24.1 Å². The molecule has 1 amide bonds. The first-order chi connectivity index (χ1) is 16.9. The number of carbonyl (C=O) groups is 2. The van der Waals surface area contributed by atoms with E-state index >= 15 is 0 Å². The molecule has 0 bridgehead atoms. The Morgan fingerprint density at radius 2 is 1.91 bits per heavy atom. The van der Waals surface area contributed by atoms with Crippen LogP contribution in [0.25, 0.3) is 16.0 Å². The number of hydrogen-bond donors (Lipinski definition) is 1. The zero-order valence-corrected chi connectivity index (χ0v) is 19.9. The third-order valence-corrected chi connectivity index (χ3v) is 6.84. The fraction of sp³-hybridized carbons (Fsp3) is 0.115. The number of thiazole rings is 1. The number of ketones is 1. The summed E-state index contributed by atoms with van der Waals surface area (Å²) < 4.78 is 19.8. The largest absolute Gasteiger partial charge is 0.507 e. The average molecular weight is 509 g/mol. The van der Waals surface area contributed by atoms with Crippen LogP contribution in [0, 0.1) is 5.82 Å². The Kier molecular flexibility index (Phi) is 6.00. The summed E-state index contributed by atoms with van der Waals surface area (Å²) in [4.78, 5) is 32.4. The molecule has 4 aromatic rings. The fourth-order valence-corrected chi connectivity index (χ4v) is 5.31. The maximum atomic E-state index is 13.5. The first-order valence-corrected chi connectivity index (χ1v) is 11.9. The molecule has 1 saturated heterocycles. The number of aliphatic hydroxyl groups excluding tert-OH is 1. The van der Waals surface area contributed by atoms with Crippen LogP contribution in [0.15, 0.2) is 72.3 Å². The van der Waals surface area contributed by atoms with Gasteiger partial charge >= 0.3 is 5.91 Å². The molecule has 0 radical (unpaired) electrons. The molecule has 1 aliphatic heterocycles. The normalized spacial score (nSPS) is 17.3. The van der Waals surface area contributed by atoms with Gasteiger partial charge in [0.25, 0.3) is 5.78 Å². The van der Waals surface area contributed by atoms with Gasteiger partial charge in [0.05, 0.1) is 28.4 Å². The number of fused-ring (bicyclic) bond motifs is 1. The van der Waals surface area contributed by atoms with E-state index in [1.54, 1.807) is 42.5 Å². The Bertz CT molecular complexity index is 1500. The highest BCUT2D eigenvalue weighted by molar-refractivity contribution is 7.22. The number of halogens is 2. The van der Waals surface area contributed by atoms with Crippen molar-refractivity contribution in [2.75, 3.05) is 11.5 Å². The van der Waals surface area contributed by atoms with Crippen molar-refractivity contribution in [1.29, 1.82) is 0 Å². The Morgan fingerprint density at radius 3 is 2.66 bits per heavy atom. The van der Waals surface area contributed by atoms with E-state index in [2.05, 4.69) is 4.98 Å². The number of aromatic nitrogens is 1. The van der Waals surface area contributed by atoms with E-state index < -0.39 is 29.3 Å². The highest BCUT2D eigenvalue weighted by Gasteiger charge is 2.48. The molecule has 0 aliphatic carbocycles. The van der Waals surface area contributed by atoms with Crippen molar-refractivity contribution in [2.45, 2.75) is 13.0 Å². The van der Waals surface area contributed by atoms with Gasteiger partial charge < -0.3 is 9.84 Å². The van der Waals surface area contributed by atoms with Crippen LogP contribution >= 0.6 is 22.9 Å². The van der Waals surface area contributed by atoms with Gasteiger partial charge in [-0.2, -0.15) is 0 Å². The molecule has 2 heterocycles. The Balaban J connectivity index is 1.72. The number of anilines is 1. The summed E-state index contributed by atoms with van der Waals surface area (Å²) in [6, 6.07) is 16.2. The van der Waals surface area contributed by atoms with Crippen LogP contribution in [0.3, 0.4) is 0 Å². The maximum Gasteiger partial charge on any atom is 0.301 e. The molecule has 6 nitrogen and oxygen atoms in total. The van der Waals surface area contributed by atoms with E-state index in [1.165, 1.54) is 40.5 Å². The topological polar surface area (TPSA) is 79.7 Å². The lowest BCUT2D eigenvalue weighted by molar-refractivity contribution is -0.132. The molecule has 176 valence electrons. The number of nitrogens with zero attached hydrogens (tertiary/aromatic N) is 2. The van der Waals surface area contributed by atoms with Crippen LogP contribution < -0.4 is 9.64 Å². The zero-order valence-electron chi connectivity index (χ0n) is 18.4. The second kappa shape index (κ2) is 9.13. The van der Waals surface area contributed by atoms with Crippen LogP contribution in [0.2, 0.25) is 5.02 Å². The van der Waals surface area contributed by atoms with Gasteiger partial charge in [0, 0.05) is 10.6 Å². The summed E-state index contributed by atoms with van der Waals surface area (Å²) in [6.07, 6.45) is 0. The molecule has 3 aromatic carbocycles. The SMILES string of the molecule is CCOc1cccc(C2/C(=C(\O)c3ccc(F)cc3)C(=O)C(=O)N2c2nc3ccc(Cl)cc3s2)c1. The second-order valence-corrected chi connectivity index (χ2v) is 9.24. The average Bonchev–Trinajstić information content (AvgIpc) is 3.37. The summed E-state index contributed by atoms with van der Waals surface area (Å²) in [6.45, 7) is 2.28. The number of hydrogen-bond acceptors (Lipinski definition) is 6. The van der Waals surface area contributed by atoms with Gasteiger partial charge in [-0.25, -0.2) is 9.37 Å². The number of aliphatic hydroxyl groups is 1. The van der Waals surface area contributed by atoms with Crippen molar-refractivity contribution >= 4 is 55.7 Å². The number of ether oxygens (including phenoxy) is 1. The van der Waals surface area contributed by atoms with Crippen molar-refractivity contribution in [2.24, 2.45) is 0 Å². The number of benzene rings is 3. The monoisotopic (exact) mass is 508 g/mol. The fourth-order valence-electron chi connectivity index (χ4n) is 4.04. The molecule has 1 N–H and O–H groups in total. The molecule has 1 aliphatic rings. The quantitative estimate of drug-likeness (QED) is 0.200. The third-order valence-electron chi connectivity index (χ3n) is 5.59. The third kappa shape index (κ3) is 4.15. The van der Waals surface area contributed by atoms with Crippen LogP contribution in [-0.2, 0) is 9.59 Å². The number of amides is 1. The van der Waals surface area contributed by atoms with E-state index in [9.17, 15) is 19.1 Å². The van der Waals surface area contributed by atoms with Gasteiger partial charge in [-0.3, -0.25) is 14.5 Å². The Hall–Kier alpha value is -3.75. The zero-order chi connectivity index (χ0) is 24.7. The molecular weight excluding hydrogens is 491 g/mol. The first-order valence-electron chi connectivity index (χ1n) is 10.7. The van der Waals surface area contributed by atoms with Crippen molar-refractivity contribution in [3.8, 4) is 5.75 Å². The molecule has 1 unspecified atom stereocenters. The van der Waals surface area contributed by atoms with Crippen molar-refractivity contribution in [1.82, 2.24) is 4.98 Å². The van der Waals surface area contributed by atoms with Crippen molar-refractivity contribution < 1.29 is 23.8 Å². The second-order valence-electron chi connectivity index (χ2n) is 7.79. The van der Waals surface area contributed by atoms with Crippen molar-refractivity contribution in [3.63, 3.8) is 0 Å². The maximum absolute atomic E-state index is 13.5. The minimum absolute atomic E-state index is 0.118. The molecule has 35 heavy (non-hydrogen) atoms. The lowest BCUT2D eigenvalue weighted by atomic mass is 9.95. The van der Waals surface area contributed by atoms with Crippen LogP contribution in [0.5, 0.6) is 5.75 Å². The summed E-state index contributed by atoms with van der Waals surface area (Å²) in [5.74, 6) is -2.03. The molecule has 1 atom stereocenters. The standard InChI is InChI=1S/C26H18ClFN2O4S/c1-2-34-18-5-3-4-15(12-18)22-21(23(31)14-6-9-17(28)10-7-14)24(32)25(33)30(22)26-29-19-11-8-16(27)13-20(19)35-26/h3-13,22,31H,2H2,1H3/b23-21+. The van der Waals surface area contributed by atoms with Gasteiger partial charge in [0.2, 0.25) is 0 Å². The van der Waals surface area contributed by atoms with Gasteiger partial charge in [0.1, 0.15) is 17.3 Å². The predicted molar refractivity (Wildman–Crippen MR) is 133 cm³/mol. The van der Waals surface area contributed by atoms with E-state index in [0.717, 1.165) is 4.70 Å². The summed E-state index contributed by atoms with van der Waals surface area (Å²) in [5.41, 5.74) is 1.27. The Morgan fingerprint density at radius 1 is 1.14 bits per heavy atom. The first kappa shape index (κ1) is 23.0. The van der Waals surface area contributed by atoms with Crippen LogP contribution in [-0.4, -0.2) is 28.4 Å². The van der Waals surface area contributed by atoms with E-state index in [0.29, 0.717) is 28.5 Å². The van der Waals surface area contributed by atoms with Crippen molar-refractivity contribution in [3.05, 3.63) is 94.3 Å². The smallest absolute Gasteiger partial charge is 0.301 e. The summed E-state index contributed by atoms with van der Waals surface area (Å²) in [5, 5.41) is 11.9. The minimum atomic E-state index is -0.975. The highest BCUT2D eigenvalue weighted by Crippen LogP contribution is 2.45. The lowest BCUT2D eigenvalue weighted by Gasteiger charge is -2.23.